The molecule has 1 amide bonds. The van der Waals surface area contributed by atoms with E-state index < -0.39 is 23.9 Å². The van der Waals surface area contributed by atoms with Crippen LogP contribution in [0.5, 0.6) is 0 Å². The number of benzene rings is 1. The number of ether oxygens (including phenoxy) is 1. The smallest absolute Gasteiger partial charge is 0.349 e. The summed E-state index contributed by atoms with van der Waals surface area (Å²) in [7, 11) is 0. The van der Waals surface area contributed by atoms with Crippen molar-refractivity contribution in [3.8, 4) is 0 Å². The number of anilines is 1. The van der Waals surface area contributed by atoms with Crippen molar-refractivity contribution in [1.82, 2.24) is 0 Å². The Morgan fingerprint density at radius 3 is 2.67 bits per heavy atom. The van der Waals surface area contributed by atoms with E-state index in [4.69, 9.17) is 21.4 Å². The Bertz CT molecular complexity index is 884. The van der Waals surface area contributed by atoms with E-state index in [9.17, 15) is 14.4 Å². The Morgan fingerprint density at radius 1 is 1.22 bits per heavy atom. The van der Waals surface area contributed by atoms with Crippen LogP contribution in [-0.2, 0) is 22.4 Å². The van der Waals surface area contributed by atoms with Gasteiger partial charge in [-0.05, 0) is 62.4 Å². The minimum absolute atomic E-state index is 0.0106. The summed E-state index contributed by atoms with van der Waals surface area (Å²) in [6.07, 6.45) is 3.13. The first-order valence-electron chi connectivity index (χ1n) is 8.51. The predicted molar refractivity (Wildman–Crippen MR) is 103 cm³/mol. The van der Waals surface area contributed by atoms with Crippen molar-refractivity contribution >= 4 is 46.5 Å². The zero-order valence-corrected chi connectivity index (χ0v) is 16.2. The monoisotopic (exact) mass is 407 g/mol. The molecule has 0 aliphatic heterocycles. The number of rotatable bonds is 5. The summed E-state index contributed by atoms with van der Waals surface area (Å²) in [5.41, 5.74) is 1.33. The number of carboxylic acids is 1. The normalized spacial score (nSPS) is 14.1. The fourth-order valence-corrected chi connectivity index (χ4v) is 4.15. The first-order valence-corrected chi connectivity index (χ1v) is 9.71. The summed E-state index contributed by atoms with van der Waals surface area (Å²) < 4.78 is 5.27. The molecule has 1 aromatic heterocycles. The predicted octanol–water partition coefficient (Wildman–Crippen LogP) is 4.16. The number of nitrogens with one attached hydrogen (secondary N) is 1. The third-order valence-electron chi connectivity index (χ3n) is 4.32. The van der Waals surface area contributed by atoms with Crippen molar-refractivity contribution in [2.45, 2.75) is 38.7 Å². The molecule has 0 saturated heterocycles. The molecule has 1 aromatic carbocycles. The van der Waals surface area contributed by atoms with Crippen molar-refractivity contribution in [3.63, 3.8) is 0 Å². The zero-order valence-electron chi connectivity index (χ0n) is 14.6. The van der Waals surface area contributed by atoms with Crippen LogP contribution in [-0.4, -0.2) is 29.1 Å². The van der Waals surface area contributed by atoms with E-state index in [1.54, 1.807) is 0 Å². The zero-order chi connectivity index (χ0) is 19.6. The van der Waals surface area contributed by atoms with Crippen LogP contribution in [0.3, 0.4) is 0 Å². The minimum atomic E-state index is -1.14. The molecule has 2 aromatic rings. The lowest BCUT2D eigenvalue weighted by Gasteiger charge is -2.14. The molecule has 1 atom stereocenters. The number of aryl methyl sites for hydroxylation is 2. The average molecular weight is 408 g/mol. The maximum Gasteiger partial charge on any atom is 0.349 e. The second kappa shape index (κ2) is 8.10. The van der Waals surface area contributed by atoms with Gasteiger partial charge >= 0.3 is 11.9 Å². The lowest BCUT2D eigenvalue weighted by Crippen LogP contribution is -2.30. The van der Waals surface area contributed by atoms with Crippen LogP contribution in [0.2, 0.25) is 5.02 Å². The molecule has 2 N–H and O–H groups in total. The molecule has 8 heteroatoms. The molecule has 27 heavy (non-hydrogen) atoms. The Kier molecular flexibility index (Phi) is 5.82. The number of carboxylic acid groups (broad SMARTS) is 1. The van der Waals surface area contributed by atoms with E-state index in [-0.39, 0.29) is 16.3 Å². The van der Waals surface area contributed by atoms with Gasteiger partial charge in [-0.3, -0.25) is 4.79 Å². The lowest BCUT2D eigenvalue weighted by atomic mass is 9.99. The van der Waals surface area contributed by atoms with E-state index in [0.29, 0.717) is 4.88 Å². The number of esters is 1. The number of thiophene rings is 1. The summed E-state index contributed by atoms with van der Waals surface area (Å²) in [4.78, 5) is 37.4. The number of halogens is 1. The fraction of sp³-hybridized carbons (Fsp3) is 0.316. The number of aromatic carboxylic acids is 1. The Morgan fingerprint density at radius 2 is 1.96 bits per heavy atom. The SMILES string of the molecule is CC(OC(=O)c1cc2c(s1)CCCC2)C(=O)Nc1cc(C(=O)O)ccc1Cl. The molecule has 142 valence electrons. The molecular weight excluding hydrogens is 390 g/mol. The first-order chi connectivity index (χ1) is 12.8. The summed E-state index contributed by atoms with van der Waals surface area (Å²) >= 11 is 7.41. The van der Waals surface area contributed by atoms with Gasteiger partial charge in [-0.1, -0.05) is 11.6 Å². The number of hydrogen-bond donors (Lipinski definition) is 2. The number of carbonyl (C=O) groups is 3. The topological polar surface area (TPSA) is 92.7 Å². The molecule has 3 rings (SSSR count). The van der Waals surface area contributed by atoms with Gasteiger partial charge in [-0.2, -0.15) is 0 Å². The summed E-state index contributed by atoms with van der Waals surface area (Å²) in [5.74, 6) is -2.26. The van der Waals surface area contributed by atoms with Crippen LogP contribution >= 0.6 is 22.9 Å². The fourth-order valence-electron chi connectivity index (χ4n) is 2.85. The van der Waals surface area contributed by atoms with Crippen molar-refractivity contribution in [1.29, 1.82) is 0 Å². The first kappa shape index (κ1) is 19.4. The highest BCUT2D eigenvalue weighted by molar-refractivity contribution is 7.14. The van der Waals surface area contributed by atoms with E-state index in [0.717, 1.165) is 25.7 Å². The molecule has 0 radical (unpaired) electrons. The van der Waals surface area contributed by atoms with E-state index in [1.807, 2.05) is 6.07 Å². The summed E-state index contributed by atoms with van der Waals surface area (Å²) in [6.45, 7) is 1.45. The largest absolute Gasteiger partial charge is 0.478 e. The molecule has 0 bridgehead atoms. The van der Waals surface area contributed by atoms with Gasteiger partial charge in [0.05, 0.1) is 16.3 Å². The number of hydrogen-bond acceptors (Lipinski definition) is 5. The van der Waals surface area contributed by atoms with Gasteiger partial charge in [0.1, 0.15) is 4.88 Å². The quantitative estimate of drug-likeness (QED) is 0.726. The van der Waals surface area contributed by atoms with Gasteiger partial charge in [0.25, 0.3) is 5.91 Å². The molecule has 1 unspecified atom stereocenters. The molecule has 1 aliphatic rings. The minimum Gasteiger partial charge on any atom is -0.478 e. The van der Waals surface area contributed by atoms with Gasteiger partial charge in [-0.15, -0.1) is 11.3 Å². The van der Waals surface area contributed by atoms with Crippen molar-refractivity contribution < 1.29 is 24.2 Å². The Balaban J connectivity index is 1.65. The highest BCUT2D eigenvalue weighted by Crippen LogP contribution is 2.30. The molecule has 0 fully saturated rings. The molecular formula is C19H18ClNO5S. The van der Waals surface area contributed by atoms with Crippen LogP contribution in [0.1, 0.15) is 50.2 Å². The summed E-state index contributed by atoms with van der Waals surface area (Å²) in [6, 6.07) is 5.82. The highest BCUT2D eigenvalue weighted by atomic mass is 35.5. The van der Waals surface area contributed by atoms with E-state index >= 15 is 0 Å². The molecule has 0 spiro atoms. The van der Waals surface area contributed by atoms with E-state index in [2.05, 4.69) is 5.32 Å². The Hall–Kier alpha value is -2.38. The van der Waals surface area contributed by atoms with Gasteiger partial charge in [0, 0.05) is 4.88 Å². The van der Waals surface area contributed by atoms with Crippen LogP contribution in [0.25, 0.3) is 0 Å². The maximum atomic E-state index is 12.3. The standard InChI is InChI=1S/C19H18ClNO5S/c1-10(17(22)21-14-8-12(18(23)24)6-7-13(14)20)26-19(25)16-9-11-4-2-3-5-15(11)27-16/h6-10H,2-5H2,1H3,(H,21,22)(H,23,24). The number of amides is 1. The molecule has 6 nitrogen and oxygen atoms in total. The van der Waals surface area contributed by atoms with Crippen molar-refractivity contribution in [3.05, 3.63) is 50.2 Å². The third kappa shape index (κ3) is 4.48. The van der Waals surface area contributed by atoms with Gasteiger partial charge < -0.3 is 15.2 Å². The average Bonchev–Trinajstić information content (AvgIpc) is 3.07. The molecule has 0 saturated carbocycles. The van der Waals surface area contributed by atoms with Gasteiger partial charge in [0.2, 0.25) is 0 Å². The third-order valence-corrected chi connectivity index (χ3v) is 5.87. The van der Waals surface area contributed by atoms with Crippen LogP contribution in [0, 0.1) is 0 Å². The molecule has 1 aliphatic carbocycles. The van der Waals surface area contributed by atoms with E-state index in [1.165, 1.54) is 46.9 Å². The van der Waals surface area contributed by atoms with Gasteiger partial charge in [0.15, 0.2) is 6.10 Å². The van der Waals surface area contributed by atoms with Crippen molar-refractivity contribution in [2.24, 2.45) is 0 Å². The second-order valence-electron chi connectivity index (χ2n) is 6.30. The highest BCUT2D eigenvalue weighted by Gasteiger charge is 2.23. The van der Waals surface area contributed by atoms with Crippen molar-refractivity contribution in [2.75, 3.05) is 5.32 Å². The van der Waals surface area contributed by atoms with Crippen LogP contribution < -0.4 is 5.32 Å². The number of carbonyl (C=O) groups excluding carboxylic acids is 2. The number of fused-ring (bicyclic) bond motifs is 1. The maximum absolute atomic E-state index is 12.3. The lowest BCUT2D eigenvalue weighted by molar-refractivity contribution is -0.123. The summed E-state index contributed by atoms with van der Waals surface area (Å²) in [5, 5.41) is 11.7. The van der Waals surface area contributed by atoms with Crippen LogP contribution in [0.4, 0.5) is 5.69 Å². The van der Waals surface area contributed by atoms with Gasteiger partial charge in [-0.25, -0.2) is 9.59 Å². The van der Waals surface area contributed by atoms with Crippen LogP contribution in [0.15, 0.2) is 24.3 Å². The second-order valence-corrected chi connectivity index (χ2v) is 7.85. The molecule has 1 heterocycles. The Labute approximate surface area is 165 Å².